The molecule has 4 amide bonds. The van der Waals surface area contributed by atoms with Crippen LogP contribution in [0.3, 0.4) is 0 Å². The molecule has 8 heteroatoms. The average molecular weight is 480 g/mol. The number of nitrogens with one attached hydrogen (secondary N) is 1. The first kappa shape index (κ1) is 25.1. The third-order valence-electron chi connectivity index (χ3n) is 7.36. The van der Waals surface area contributed by atoms with Crippen LogP contribution < -0.4 is 5.32 Å². The Balaban J connectivity index is 1.59. The number of fused-ring (bicyclic) bond motifs is 1. The lowest BCUT2D eigenvalue weighted by atomic mass is 9.88. The highest BCUT2D eigenvalue weighted by atomic mass is 16.2. The van der Waals surface area contributed by atoms with Crippen molar-refractivity contribution in [3.63, 3.8) is 0 Å². The van der Waals surface area contributed by atoms with Crippen molar-refractivity contribution in [3.8, 4) is 12.3 Å². The number of hydrogen-bond donors (Lipinski definition) is 1. The second-order valence-electron chi connectivity index (χ2n) is 9.85. The maximum atomic E-state index is 13.6. The molecule has 1 aromatic rings. The van der Waals surface area contributed by atoms with E-state index in [0.29, 0.717) is 32.0 Å². The van der Waals surface area contributed by atoms with Crippen LogP contribution in [0.2, 0.25) is 0 Å². The smallest absolute Gasteiger partial charge is 0.334 e. The van der Waals surface area contributed by atoms with E-state index in [0.717, 1.165) is 24.8 Å². The predicted octanol–water partition coefficient (Wildman–Crippen LogP) is 2.81. The van der Waals surface area contributed by atoms with Crippen LogP contribution in [0.4, 0.5) is 4.79 Å². The van der Waals surface area contributed by atoms with Crippen LogP contribution in [-0.4, -0.2) is 76.0 Å². The van der Waals surface area contributed by atoms with Gasteiger partial charge in [-0.15, -0.1) is 6.42 Å². The molecule has 1 saturated carbocycles. The molecule has 1 aromatic carbocycles. The number of nitrogens with zero attached hydrogens (tertiary/aromatic N) is 4. The molecular formula is C27H37N5O3. The lowest BCUT2D eigenvalue weighted by molar-refractivity contribution is -0.189. The Kier molecular flexibility index (Phi) is 8.29. The van der Waals surface area contributed by atoms with Crippen molar-refractivity contribution in [2.24, 2.45) is 5.92 Å². The summed E-state index contributed by atoms with van der Waals surface area (Å²) in [5, 5.41) is 6.23. The summed E-state index contributed by atoms with van der Waals surface area (Å²) in [6.07, 6.45) is 12.3. The first-order chi connectivity index (χ1) is 17.0. The molecule has 2 aliphatic heterocycles. The third kappa shape index (κ3) is 5.62. The molecule has 3 fully saturated rings. The summed E-state index contributed by atoms with van der Waals surface area (Å²) in [6, 6.07) is 8.84. The van der Waals surface area contributed by atoms with E-state index in [9.17, 15) is 14.4 Å². The van der Waals surface area contributed by atoms with E-state index in [2.05, 4.69) is 11.2 Å². The molecular weight excluding hydrogens is 442 g/mol. The first-order valence-corrected chi connectivity index (χ1v) is 12.9. The Bertz CT molecular complexity index is 940. The number of carbonyl (C=O) groups excluding carboxylic acids is 3. The van der Waals surface area contributed by atoms with Crippen molar-refractivity contribution in [2.45, 2.75) is 70.6 Å². The van der Waals surface area contributed by atoms with Crippen LogP contribution in [0, 0.1) is 18.3 Å². The number of hydrogen-bond acceptors (Lipinski definition) is 4. The maximum Gasteiger partial charge on any atom is 0.334 e. The number of rotatable bonds is 7. The quantitative estimate of drug-likeness (QED) is 0.611. The Morgan fingerprint density at radius 1 is 1.14 bits per heavy atom. The molecule has 1 aliphatic carbocycles. The molecule has 0 radical (unpaired) electrons. The summed E-state index contributed by atoms with van der Waals surface area (Å²) in [5.41, 5.74) is 0.982. The predicted molar refractivity (Wildman–Crippen MR) is 133 cm³/mol. The fourth-order valence-electron chi connectivity index (χ4n) is 5.69. The van der Waals surface area contributed by atoms with Gasteiger partial charge in [-0.25, -0.2) is 9.80 Å². The third-order valence-corrected chi connectivity index (χ3v) is 7.36. The van der Waals surface area contributed by atoms with E-state index in [4.69, 9.17) is 6.42 Å². The van der Waals surface area contributed by atoms with E-state index in [1.165, 1.54) is 19.3 Å². The van der Waals surface area contributed by atoms with E-state index >= 15 is 0 Å². The topological polar surface area (TPSA) is 76.2 Å². The molecule has 2 heterocycles. The zero-order valence-corrected chi connectivity index (χ0v) is 20.7. The fourth-order valence-corrected chi connectivity index (χ4v) is 5.69. The molecule has 35 heavy (non-hydrogen) atoms. The number of urea groups is 1. The van der Waals surface area contributed by atoms with Gasteiger partial charge in [0.1, 0.15) is 12.2 Å². The van der Waals surface area contributed by atoms with Gasteiger partial charge in [-0.3, -0.25) is 9.59 Å². The standard InChI is InChI=1S/C27H37N5O3/c1-3-11-23-26(34)29(18-22-14-9-6-10-15-22)19-24-31(23)25(33)20-30(16-4-2)32(24)27(35)28-17-21-12-7-5-8-13-21/h2,5,7-8,12-13,22-24H,3,6,9-11,14-20H2,1H3,(H,28,35)/t23-,24-/m0/s1. The van der Waals surface area contributed by atoms with Gasteiger partial charge in [0.2, 0.25) is 11.8 Å². The molecule has 188 valence electrons. The lowest BCUT2D eigenvalue weighted by Crippen LogP contribution is -2.76. The SMILES string of the molecule is C#CCN1CC(=O)N2[C@@H](CCC)C(=O)N(CC3CCCCC3)C[C@@H]2N1C(=O)NCc1ccccc1. The Morgan fingerprint density at radius 2 is 1.89 bits per heavy atom. The second-order valence-corrected chi connectivity index (χ2v) is 9.85. The summed E-state index contributed by atoms with van der Waals surface area (Å²) in [7, 11) is 0. The Hall–Kier alpha value is -3.05. The van der Waals surface area contributed by atoms with Gasteiger partial charge < -0.3 is 15.1 Å². The van der Waals surface area contributed by atoms with Crippen LogP contribution in [0.15, 0.2) is 30.3 Å². The first-order valence-electron chi connectivity index (χ1n) is 12.9. The summed E-state index contributed by atoms with van der Waals surface area (Å²) in [4.78, 5) is 43.9. The normalized spacial score (nSPS) is 23.7. The lowest BCUT2D eigenvalue weighted by Gasteiger charge is -2.55. The van der Waals surface area contributed by atoms with Crippen molar-refractivity contribution in [3.05, 3.63) is 35.9 Å². The van der Waals surface area contributed by atoms with Gasteiger partial charge in [0.05, 0.1) is 19.6 Å². The minimum Gasteiger partial charge on any atom is -0.337 e. The van der Waals surface area contributed by atoms with Gasteiger partial charge >= 0.3 is 6.03 Å². The van der Waals surface area contributed by atoms with Gasteiger partial charge in [-0.1, -0.05) is 68.9 Å². The number of terminal acetylenes is 1. The number of hydrazine groups is 1. The Labute approximate surface area is 208 Å². The van der Waals surface area contributed by atoms with Crippen molar-refractivity contribution in [2.75, 3.05) is 26.2 Å². The molecule has 0 spiro atoms. The van der Waals surface area contributed by atoms with Gasteiger partial charge in [-0.2, -0.15) is 5.01 Å². The number of carbonyl (C=O) groups is 3. The highest BCUT2D eigenvalue weighted by molar-refractivity contribution is 5.91. The van der Waals surface area contributed by atoms with E-state index in [1.807, 2.05) is 42.2 Å². The molecule has 4 rings (SSSR count). The van der Waals surface area contributed by atoms with Gasteiger partial charge in [0, 0.05) is 13.1 Å². The zero-order valence-electron chi connectivity index (χ0n) is 20.7. The monoisotopic (exact) mass is 479 g/mol. The van der Waals surface area contributed by atoms with Crippen LogP contribution in [0.1, 0.15) is 57.4 Å². The number of piperazine rings is 1. The highest BCUT2D eigenvalue weighted by Crippen LogP contribution is 2.31. The van der Waals surface area contributed by atoms with Crippen LogP contribution in [0.25, 0.3) is 0 Å². The minimum absolute atomic E-state index is 0.0112. The molecule has 2 atom stereocenters. The number of benzene rings is 1. The minimum atomic E-state index is -0.571. The average Bonchev–Trinajstić information content (AvgIpc) is 2.86. The van der Waals surface area contributed by atoms with Crippen molar-refractivity contribution >= 4 is 17.8 Å². The summed E-state index contributed by atoms with van der Waals surface area (Å²) in [5.74, 6) is 2.92. The summed E-state index contributed by atoms with van der Waals surface area (Å²) < 4.78 is 0. The second kappa shape index (κ2) is 11.6. The fraction of sp³-hybridized carbons (Fsp3) is 0.593. The van der Waals surface area contributed by atoms with Gasteiger partial charge in [0.15, 0.2) is 0 Å². The molecule has 0 bridgehead atoms. The largest absolute Gasteiger partial charge is 0.337 e. The van der Waals surface area contributed by atoms with E-state index in [1.54, 1.807) is 14.9 Å². The summed E-state index contributed by atoms with van der Waals surface area (Å²) in [6.45, 7) is 3.50. The van der Waals surface area contributed by atoms with Crippen LogP contribution >= 0.6 is 0 Å². The van der Waals surface area contributed by atoms with Crippen molar-refractivity contribution < 1.29 is 14.4 Å². The van der Waals surface area contributed by atoms with Crippen molar-refractivity contribution in [1.82, 2.24) is 25.1 Å². The van der Waals surface area contributed by atoms with Crippen LogP contribution in [0.5, 0.6) is 0 Å². The molecule has 8 nitrogen and oxygen atoms in total. The molecule has 3 aliphatic rings. The molecule has 0 aromatic heterocycles. The Morgan fingerprint density at radius 3 is 2.57 bits per heavy atom. The van der Waals surface area contributed by atoms with Crippen LogP contribution in [-0.2, 0) is 16.1 Å². The van der Waals surface area contributed by atoms with Crippen molar-refractivity contribution in [1.29, 1.82) is 0 Å². The van der Waals surface area contributed by atoms with Gasteiger partial charge in [0.25, 0.3) is 0 Å². The highest BCUT2D eigenvalue weighted by Gasteiger charge is 2.51. The zero-order chi connectivity index (χ0) is 24.8. The molecule has 1 N–H and O–H groups in total. The molecule has 0 unspecified atom stereocenters. The number of amides is 4. The van der Waals surface area contributed by atoms with E-state index in [-0.39, 0.29) is 30.9 Å². The van der Waals surface area contributed by atoms with Gasteiger partial charge in [-0.05, 0) is 30.7 Å². The molecule has 2 saturated heterocycles. The van der Waals surface area contributed by atoms with E-state index < -0.39 is 12.2 Å². The summed E-state index contributed by atoms with van der Waals surface area (Å²) >= 11 is 0. The maximum absolute atomic E-state index is 13.6.